The van der Waals surface area contributed by atoms with Crippen molar-refractivity contribution in [1.29, 1.82) is 0 Å². The Morgan fingerprint density at radius 1 is 1.00 bits per heavy atom. The first-order chi connectivity index (χ1) is 9.08. The normalized spacial score (nSPS) is 17.1. The van der Waals surface area contributed by atoms with Gasteiger partial charge in [0.05, 0.1) is 0 Å². The van der Waals surface area contributed by atoms with Crippen LogP contribution in [0.5, 0.6) is 0 Å². The molecule has 0 bridgehead atoms. The molecule has 0 aliphatic carbocycles. The lowest BCUT2D eigenvalue weighted by Crippen LogP contribution is -2.30. The lowest BCUT2D eigenvalue weighted by Gasteiger charge is -2.22. The van der Waals surface area contributed by atoms with Crippen molar-refractivity contribution in [3.05, 3.63) is 17.5 Å². The first kappa shape index (κ1) is 14.3. The highest BCUT2D eigenvalue weighted by molar-refractivity contribution is 5.34. The van der Waals surface area contributed by atoms with E-state index < -0.39 is 0 Å². The SMILES string of the molecule is CC(C)c1cc(C(C)C)nc(N2CCCNCC2)n1. The number of hydrogen-bond donors (Lipinski definition) is 1. The van der Waals surface area contributed by atoms with Crippen molar-refractivity contribution in [2.45, 2.75) is 46.0 Å². The molecule has 0 atom stereocenters. The molecule has 19 heavy (non-hydrogen) atoms. The van der Waals surface area contributed by atoms with E-state index in [1.807, 2.05) is 0 Å². The van der Waals surface area contributed by atoms with Gasteiger partial charge < -0.3 is 10.2 Å². The van der Waals surface area contributed by atoms with E-state index in [2.05, 4.69) is 44.0 Å². The van der Waals surface area contributed by atoms with E-state index in [1.54, 1.807) is 0 Å². The summed E-state index contributed by atoms with van der Waals surface area (Å²) < 4.78 is 0. The molecule has 0 unspecified atom stereocenters. The summed E-state index contributed by atoms with van der Waals surface area (Å²) >= 11 is 0. The summed E-state index contributed by atoms with van der Waals surface area (Å²) in [5.41, 5.74) is 2.32. The molecule has 0 spiro atoms. The number of hydrogen-bond acceptors (Lipinski definition) is 4. The molecule has 0 aromatic carbocycles. The highest BCUT2D eigenvalue weighted by Gasteiger charge is 2.16. The number of nitrogens with zero attached hydrogens (tertiary/aromatic N) is 3. The van der Waals surface area contributed by atoms with Crippen molar-refractivity contribution in [3.63, 3.8) is 0 Å². The number of nitrogens with one attached hydrogen (secondary N) is 1. The molecule has 1 aliphatic rings. The third-order valence-corrected chi connectivity index (χ3v) is 3.56. The minimum absolute atomic E-state index is 0.448. The van der Waals surface area contributed by atoms with E-state index in [1.165, 1.54) is 0 Å². The third kappa shape index (κ3) is 3.66. The molecule has 1 N–H and O–H groups in total. The first-order valence-corrected chi connectivity index (χ1v) is 7.42. The van der Waals surface area contributed by atoms with Crippen LogP contribution in [-0.2, 0) is 0 Å². The summed E-state index contributed by atoms with van der Waals surface area (Å²) in [5.74, 6) is 1.81. The van der Waals surface area contributed by atoms with Gasteiger partial charge in [0.1, 0.15) is 0 Å². The maximum Gasteiger partial charge on any atom is 0.225 e. The smallest absolute Gasteiger partial charge is 0.225 e. The van der Waals surface area contributed by atoms with Gasteiger partial charge in [-0.1, -0.05) is 27.7 Å². The van der Waals surface area contributed by atoms with E-state index in [0.717, 1.165) is 49.9 Å². The van der Waals surface area contributed by atoms with Crippen LogP contribution in [0.15, 0.2) is 6.07 Å². The fraction of sp³-hybridized carbons (Fsp3) is 0.733. The van der Waals surface area contributed by atoms with Gasteiger partial charge in [-0.15, -0.1) is 0 Å². The summed E-state index contributed by atoms with van der Waals surface area (Å²) in [6.07, 6.45) is 1.16. The second-order valence-electron chi connectivity index (χ2n) is 5.92. The van der Waals surface area contributed by atoms with Crippen molar-refractivity contribution in [3.8, 4) is 0 Å². The Morgan fingerprint density at radius 2 is 1.63 bits per heavy atom. The average molecular weight is 262 g/mol. The highest BCUT2D eigenvalue weighted by atomic mass is 15.3. The van der Waals surface area contributed by atoms with Crippen molar-refractivity contribution >= 4 is 5.95 Å². The standard InChI is InChI=1S/C15H26N4/c1-11(2)13-10-14(12(3)4)18-15(17-13)19-8-5-6-16-7-9-19/h10-12,16H,5-9H2,1-4H3. The molecule has 1 fully saturated rings. The van der Waals surface area contributed by atoms with Gasteiger partial charge >= 0.3 is 0 Å². The van der Waals surface area contributed by atoms with Crippen LogP contribution in [0.3, 0.4) is 0 Å². The molecule has 4 heteroatoms. The zero-order valence-electron chi connectivity index (χ0n) is 12.6. The molecule has 2 rings (SSSR count). The summed E-state index contributed by atoms with van der Waals surface area (Å²) in [4.78, 5) is 11.9. The van der Waals surface area contributed by atoms with Crippen molar-refractivity contribution in [2.75, 3.05) is 31.1 Å². The Bertz CT molecular complexity index is 380. The maximum absolute atomic E-state index is 4.77. The number of aromatic nitrogens is 2. The van der Waals surface area contributed by atoms with Crippen LogP contribution in [0.4, 0.5) is 5.95 Å². The summed E-state index contributed by atoms with van der Waals surface area (Å²) in [5, 5.41) is 3.42. The first-order valence-electron chi connectivity index (χ1n) is 7.42. The predicted molar refractivity (Wildman–Crippen MR) is 79.9 cm³/mol. The van der Waals surface area contributed by atoms with Gasteiger partial charge in [-0.25, -0.2) is 9.97 Å². The van der Waals surface area contributed by atoms with Crippen LogP contribution < -0.4 is 10.2 Å². The zero-order valence-corrected chi connectivity index (χ0v) is 12.6. The van der Waals surface area contributed by atoms with Crippen LogP contribution in [0.2, 0.25) is 0 Å². The van der Waals surface area contributed by atoms with Gasteiger partial charge in [-0.2, -0.15) is 0 Å². The molecule has 1 aliphatic heterocycles. The van der Waals surface area contributed by atoms with Crippen molar-refractivity contribution in [1.82, 2.24) is 15.3 Å². The average Bonchev–Trinajstić information content (AvgIpc) is 2.66. The fourth-order valence-electron chi connectivity index (χ4n) is 2.25. The minimum Gasteiger partial charge on any atom is -0.339 e. The molecule has 1 aromatic rings. The molecule has 1 saturated heterocycles. The van der Waals surface area contributed by atoms with Crippen molar-refractivity contribution in [2.24, 2.45) is 0 Å². The van der Waals surface area contributed by atoms with Crippen LogP contribution in [0, 0.1) is 0 Å². The zero-order chi connectivity index (χ0) is 13.8. The van der Waals surface area contributed by atoms with E-state index in [0.29, 0.717) is 11.8 Å². The van der Waals surface area contributed by atoms with Gasteiger partial charge in [0.2, 0.25) is 5.95 Å². The van der Waals surface area contributed by atoms with Gasteiger partial charge in [-0.3, -0.25) is 0 Å². The molecular formula is C15H26N4. The summed E-state index contributed by atoms with van der Waals surface area (Å²) in [7, 11) is 0. The van der Waals surface area contributed by atoms with Crippen LogP contribution in [-0.4, -0.2) is 36.1 Å². The van der Waals surface area contributed by atoms with Gasteiger partial charge in [-0.05, 0) is 30.9 Å². The summed E-state index contributed by atoms with van der Waals surface area (Å²) in [6.45, 7) is 12.9. The van der Waals surface area contributed by atoms with E-state index in [9.17, 15) is 0 Å². The molecule has 2 heterocycles. The summed E-state index contributed by atoms with van der Waals surface area (Å²) in [6, 6.07) is 2.16. The van der Waals surface area contributed by atoms with Crippen molar-refractivity contribution < 1.29 is 0 Å². The second kappa shape index (κ2) is 6.33. The Labute approximate surface area is 116 Å². The van der Waals surface area contributed by atoms with Crippen LogP contribution in [0.25, 0.3) is 0 Å². The largest absolute Gasteiger partial charge is 0.339 e. The van der Waals surface area contributed by atoms with E-state index in [4.69, 9.17) is 9.97 Å². The number of anilines is 1. The Morgan fingerprint density at radius 3 is 2.21 bits per heavy atom. The van der Waals surface area contributed by atoms with Gasteiger partial charge in [0.25, 0.3) is 0 Å². The van der Waals surface area contributed by atoms with E-state index >= 15 is 0 Å². The molecule has 106 valence electrons. The Hall–Kier alpha value is -1.16. The van der Waals surface area contributed by atoms with E-state index in [-0.39, 0.29) is 0 Å². The Kier molecular flexibility index (Phi) is 4.75. The second-order valence-corrected chi connectivity index (χ2v) is 5.92. The number of rotatable bonds is 3. The molecule has 0 amide bonds. The molecule has 0 radical (unpaired) electrons. The van der Waals surface area contributed by atoms with Gasteiger partial charge in [0, 0.05) is 31.0 Å². The third-order valence-electron chi connectivity index (χ3n) is 3.56. The fourth-order valence-corrected chi connectivity index (χ4v) is 2.25. The quantitative estimate of drug-likeness (QED) is 0.909. The highest BCUT2D eigenvalue weighted by Crippen LogP contribution is 2.21. The topological polar surface area (TPSA) is 41.1 Å². The van der Waals surface area contributed by atoms with Crippen LogP contribution in [0.1, 0.15) is 57.3 Å². The molecule has 4 nitrogen and oxygen atoms in total. The van der Waals surface area contributed by atoms with Gasteiger partial charge in [0.15, 0.2) is 0 Å². The predicted octanol–water partition coefficient (Wildman–Crippen LogP) is 2.52. The molecule has 1 aromatic heterocycles. The maximum atomic E-state index is 4.77. The lowest BCUT2D eigenvalue weighted by atomic mass is 10.1. The Balaban J connectivity index is 2.31. The van der Waals surface area contributed by atoms with Crippen LogP contribution >= 0.6 is 0 Å². The molecular weight excluding hydrogens is 236 g/mol. The monoisotopic (exact) mass is 262 g/mol. The molecule has 0 saturated carbocycles. The minimum atomic E-state index is 0.448. The lowest BCUT2D eigenvalue weighted by molar-refractivity contribution is 0.721.